The van der Waals surface area contributed by atoms with Crippen molar-refractivity contribution in [2.24, 2.45) is 0 Å². The lowest BCUT2D eigenvalue weighted by Crippen LogP contribution is -2.36. The molecule has 2 heterocycles. The van der Waals surface area contributed by atoms with Crippen molar-refractivity contribution in [1.29, 1.82) is 0 Å². The van der Waals surface area contributed by atoms with Gasteiger partial charge in [0.15, 0.2) is 0 Å². The van der Waals surface area contributed by atoms with Crippen molar-refractivity contribution in [2.75, 3.05) is 18.0 Å². The third-order valence-corrected chi connectivity index (χ3v) is 4.96. The molecule has 2 aromatic rings. The van der Waals surface area contributed by atoms with Gasteiger partial charge in [0.2, 0.25) is 5.91 Å². The molecule has 0 bridgehead atoms. The van der Waals surface area contributed by atoms with E-state index < -0.39 is 0 Å². The Balaban J connectivity index is 1.84. The lowest BCUT2D eigenvalue weighted by Gasteiger charge is -2.30. The summed E-state index contributed by atoms with van der Waals surface area (Å²) in [7, 11) is 0. The van der Waals surface area contributed by atoms with E-state index in [0.29, 0.717) is 13.0 Å². The van der Waals surface area contributed by atoms with Gasteiger partial charge in [0, 0.05) is 30.1 Å². The van der Waals surface area contributed by atoms with Gasteiger partial charge < -0.3 is 10.2 Å². The number of hydrogen-bond donors (Lipinski definition) is 1. The van der Waals surface area contributed by atoms with E-state index in [1.54, 1.807) is 11.3 Å². The molecule has 0 unspecified atom stereocenters. The summed E-state index contributed by atoms with van der Waals surface area (Å²) < 4.78 is 0. The van der Waals surface area contributed by atoms with Gasteiger partial charge in [-0.15, -0.1) is 11.3 Å². The molecule has 21 heavy (non-hydrogen) atoms. The zero-order valence-electron chi connectivity index (χ0n) is 12.2. The summed E-state index contributed by atoms with van der Waals surface area (Å²) in [5.41, 5.74) is 2.71. The second-order valence-corrected chi connectivity index (χ2v) is 6.24. The number of fused-ring (bicyclic) bond motifs is 1. The van der Waals surface area contributed by atoms with Crippen molar-refractivity contribution in [2.45, 2.75) is 25.8 Å². The molecule has 0 saturated carbocycles. The van der Waals surface area contributed by atoms with Crippen molar-refractivity contribution in [1.82, 2.24) is 5.32 Å². The molecule has 1 aliphatic rings. The monoisotopic (exact) mass is 300 g/mol. The minimum absolute atomic E-state index is 0.115. The van der Waals surface area contributed by atoms with Crippen LogP contribution in [0.25, 0.3) is 0 Å². The van der Waals surface area contributed by atoms with Gasteiger partial charge in [-0.3, -0.25) is 4.79 Å². The fourth-order valence-electron chi connectivity index (χ4n) is 2.87. The molecule has 3 rings (SSSR count). The molecule has 1 N–H and O–H groups in total. The summed E-state index contributed by atoms with van der Waals surface area (Å²) in [5, 5.41) is 5.16. The van der Waals surface area contributed by atoms with E-state index in [1.165, 1.54) is 16.1 Å². The molecule has 0 aliphatic carbocycles. The van der Waals surface area contributed by atoms with Crippen LogP contribution < -0.4 is 10.2 Å². The highest BCUT2D eigenvalue weighted by Gasteiger charge is 2.27. The topological polar surface area (TPSA) is 32.3 Å². The number of nitrogens with zero attached hydrogens (tertiary/aromatic N) is 1. The van der Waals surface area contributed by atoms with Gasteiger partial charge in [0.1, 0.15) is 0 Å². The Morgan fingerprint density at radius 3 is 2.95 bits per heavy atom. The number of thiophene rings is 1. The number of hydrogen-bond acceptors (Lipinski definition) is 3. The molecular formula is C17H20N2OS. The quantitative estimate of drug-likeness (QED) is 0.918. The summed E-state index contributed by atoms with van der Waals surface area (Å²) in [6.07, 6.45) is 1.62. The van der Waals surface area contributed by atoms with Crippen LogP contribution in [0.5, 0.6) is 0 Å². The first-order valence-electron chi connectivity index (χ1n) is 7.44. The summed E-state index contributed by atoms with van der Waals surface area (Å²) in [5.74, 6) is 0.115. The van der Waals surface area contributed by atoms with E-state index >= 15 is 0 Å². The molecule has 1 aromatic carbocycles. The number of benzene rings is 1. The summed E-state index contributed by atoms with van der Waals surface area (Å²) >= 11 is 1.76. The number of amides is 1. The van der Waals surface area contributed by atoms with E-state index in [1.807, 2.05) is 6.92 Å². The van der Waals surface area contributed by atoms with E-state index in [9.17, 15) is 4.79 Å². The first-order valence-corrected chi connectivity index (χ1v) is 8.32. The second kappa shape index (κ2) is 6.31. The summed E-state index contributed by atoms with van der Waals surface area (Å²) in [4.78, 5) is 15.4. The van der Waals surface area contributed by atoms with Gasteiger partial charge >= 0.3 is 0 Å². The van der Waals surface area contributed by atoms with Gasteiger partial charge in [-0.2, -0.15) is 0 Å². The summed E-state index contributed by atoms with van der Waals surface area (Å²) in [6, 6.07) is 13.0. The molecule has 4 heteroatoms. The standard InChI is InChI=1S/C17H20N2OS/c1-2-17(20)18-12-15(16-8-5-11-21-16)19-10-9-13-6-3-4-7-14(13)19/h3-8,11,15H,2,9-10,12H2,1H3,(H,18,20)/t15-/m1/s1. The van der Waals surface area contributed by atoms with Crippen LogP contribution in [-0.2, 0) is 11.2 Å². The van der Waals surface area contributed by atoms with Crippen LogP contribution in [0.3, 0.4) is 0 Å². The molecule has 0 spiro atoms. The van der Waals surface area contributed by atoms with Crippen LogP contribution in [0.1, 0.15) is 29.8 Å². The van der Waals surface area contributed by atoms with Crippen molar-refractivity contribution in [3.05, 3.63) is 52.2 Å². The van der Waals surface area contributed by atoms with Crippen molar-refractivity contribution < 1.29 is 4.79 Å². The van der Waals surface area contributed by atoms with Crippen LogP contribution in [0.15, 0.2) is 41.8 Å². The zero-order chi connectivity index (χ0) is 14.7. The van der Waals surface area contributed by atoms with E-state index in [-0.39, 0.29) is 11.9 Å². The van der Waals surface area contributed by atoms with Gasteiger partial charge in [-0.05, 0) is 29.5 Å². The number of nitrogens with one attached hydrogen (secondary N) is 1. The molecule has 1 aromatic heterocycles. The lowest BCUT2D eigenvalue weighted by atomic mass is 10.1. The number of rotatable bonds is 5. The third-order valence-electron chi connectivity index (χ3n) is 3.98. The van der Waals surface area contributed by atoms with Crippen LogP contribution in [-0.4, -0.2) is 19.0 Å². The average Bonchev–Trinajstić information content (AvgIpc) is 3.17. The fourth-order valence-corrected chi connectivity index (χ4v) is 3.71. The summed E-state index contributed by atoms with van der Waals surface area (Å²) in [6.45, 7) is 3.58. The molecule has 1 aliphatic heterocycles. The predicted octanol–water partition coefficient (Wildman–Crippen LogP) is 3.38. The molecule has 0 radical (unpaired) electrons. The first-order chi connectivity index (χ1) is 10.3. The fraction of sp³-hybridized carbons (Fsp3) is 0.353. The van der Waals surface area contributed by atoms with E-state index in [0.717, 1.165) is 13.0 Å². The van der Waals surface area contributed by atoms with E-state index in [2.05, 4.69) is 52.0 Å². The van der Waals surface area contributed by atoms with Crippen molar-refractivity contribution >= 4 is 22.9 Å². The van der Waals surface area contributed by atoms with Crippen LogP contribution in [0.2, 0.25) is 0 Å². The Morgan fingerprint density at radius 2 is 2.19 bits per heavy atom. The molecule has 110 valence electrons. The SMILES string of the molecule is CCC(=O)NC[C@H](c1cccs1)N1CCc2ccccc21. The van der Waals surface area contributed by atoms with Gasteiger partial charge in [0.25, 0.3) is 0 Å². The highest BCUT2D eigenvalue weighted by atomic mass is 32.1. The Hall–Kier alpha value is -1.81. The Morgan fingerprint density at radius 1 is 1.33 bits per heavy atom. The number of anilines is 1. The van der Waals surface area contributed by atoms with Gasteiger partial charge in [-0.25, -0.2) is 0 Å². The Labute approximate surface area is 129 Å². The molecule has 1 atom stereocenters. The molecule has 1 amide bonds. The Kier molecular flexibility index (Phi) is 4.25. The first kappa shape index (κ1) is 14.1. The van der Waals surface area contributed by atoms with Crippen LogP contribution >= 0.6 is 11.3 Å². The minimum atomic E-state index is 0.115. The number of para-hydroxylation sites is 1. The third kappa shape index (κ3) is 2.95. The normalized spacial score (nSPS) is 14.8. The Bertz CT molecular complexity index is 609. The number of carbonyl (C=O) groups is 1. The zero-order valence-corrected chi connectivity index (χ0v) is 13.0. The maximum atomic E-state index is 11.6. The minimum Gasteiger partial charge on any atom is -0.361 e. The molecule has 3 nitrogen and oxygen atoms in total. The maximum absolute atomic E-state index is 11.6. The predicted molar refractivity (Wildman–Crippen MR) is 87.9 cm³/mol. The molecule has 0 saturated heterocycles. The van der Waals surface area contributed by atoms with Crippen molar-refractivity contribution in [3.8, 4) is 0 Å². The second-order valence-electron chi connectivity index (χ2n) is 5.26. The van der Waals surface area contributed by atoms with E-state index in [4.69, 9.17) is 0 Å². The highest BCUT2D eigenvalue weighted by Crippen LogP contribution is 2.36. The maximum Gasteiger partial charge on any atom is 0.219 e. The highest BCUT2D eigenvalue weighted by molar-refractivity contribution is 7.10. The van der Waals surface area contributed by atoms with Gasteiger partial charge in [-0.1, -0.05) is 31.2 Å². The smallest absolute Gasteiger partial charge is 0.219 e. The number of carbonyl (C=O) groups excluding carboxylic acids is 1. The van der Waals surface area contributed by atoms with Gasteiger partial charge in [0.05, 0.1) is 6.04 Å². The average molecular weight is 300 g/mol. The van der Waals surface area contributed by atoms with Crippen LogP contribution in [0, 0.1) is 0 Å². The van der Waals surface area contributed by atoms with Crippen LogP contribution in [0.4, 0.5) is 5.69 Å². The molecular weight excluding hydrogens is 280 g/mol. The van der Waals surface area contributed by atoms with Crippen molar-refractivity contribution in [3.63, 3.8) is 0 Å². The lowest BCUT2D eigenvalue weighted by molar-refractivity contribution is -0.120. The molecule has 0 fully saturated rings. The largest absolute Gasteiger partial charge is 0.361 e.